The molecule has 1 saturated carbocycles. The fourth-order valence-electron chi connectivity index (χ4n) is 5.51. The standard InChI is InChI=1S/C24H32N2O5/c1-30-18-10-7-13-25(16-18)21(27)14-24(19-11-5-6-12-20(19)31-2)15-22(28)26(23(24)29)17-8-3-4-9-17/h5-6,11-12,17-18H,3-4,7-10,13-16H2,1-2H3/t18-,24-/m1/s1. The van der Waals surface area contributed by atoms with E-state index in [9.17, 15) is 14.4 Å². The summed E-state index contributed by atoms with van der Waals surface area (Å²) >= 11 is 0. The first kappa shape index (κ1) is 21.8. The molecular formula is C24H32N2O5. The van der Waals surface area contributed by atoms with E-state index in [1.54, 1.807) is 25.2 Å². The Bertz CT molecular complexity index is 850. The van der Waals surface area contributed by atoms with Gasteiger partial charge in [0.25, 0.3) is 0 Å². The van der Waals surface area contributed by atoms with Gasteiger partial charge in [-0.05, 0) is 31.7 Å². The van der Waals surface area contributed by atoms with Crippen LogP contribution in [0, 0.1) is 0 Å². The molecule has 1 aromatic rings. The summed E-state index contributed by atoms with van der Waals surface area (Å²) in [6.07, 6.45) is 5.51. The molecule has 1 aromatic carbocycles. The molecule has 0 unspecified atom stereocenters. The minimum atomic E-state index is -1.22. The third kappa shape index (κ3) is 3.95. The topological polar surface area (TPSA) is 76.2 Å². The summed E-state index contributed by atoms with van der Waals surface area (Å²) in [6.45, 7) is 1.17. The van der Waals surface area contributed by atoms with Gasteiger partial charge in [0.15, 0.2) is 0 Å². The summed E-state index contributed by atoms with van der Waals surface area (Å²) in [5, 5.41) is 0. The summed E-state index contributed by atoms with van der Waals surface area (Å²) < 4.78 is 11.0. The van der Waals surface area contributed by atoms with Gasteiger partial charge in [-0.3, -0.25) is 19.3 Å². The lowest BCUT2D eigenvalue weighted by Crippen LogP contribution is -2.48. The third-order valence-electron chi connectivity index (χ3n) is 7.18. The van der Waals surface area contributed by atoms with E-state index in [0.717, 1.165) is 38.5 Å². The number of carbonyl (C=O) groups excluding carboxylic acids is 3. The zero-order chi connectivity index (χ0) is 22.0. The van der Waals surface area contributed by atoms with E-state index in [4.69, 9.17) is 9.47 Å². The summed E-state index contributed by atoms with van der Waals surface area (Å²) in [7, 11) is 3.21. The Morgan fingerprint density at radius 2 is 1.84 bits per heavy atom. The van der Waals surface area contributed by atoms with E-state index in [1.807, 2.05) is 18.2 Å². The molecule has 168 valence electrons. The first-order valence-corrected chi connectivity index (χ1v) is 11.3. The molecule has 0 N–H and O–H groups in total. The zero-order valence-corrected chi connectivity index (χ0v) is 18.5. The number of amides is 3. The number of carbonyl (C=O) groups is 3. The first-order chi connectivity index (χ1) is 15.0. The van der Waals surface area contributed by atoms with E-state index in [0.29, 0.717) is 24.4 Å². The highest BCUT2D eigenvalue weighted by molar-refractivity contribution is 6.11. The Morgan fingerprint density at radius 1 is 1.10 bits per heavy atom. The number of methoxy groups -OCH3 is 2. The second kappa shape index (κ2) is 8.99. The van der Waals surface area contributed by atoms with E-state index < -0.39 is 5.41 Å². The lowest BCUT2D eigenvalue weighted by atomic mass is 9.75. The maximum Gasteiger partial charge on any atom is 0.241 e. The van der Waals surface area contributed by atoms with Gasteiger partial charge in [-0.15, -0.1) is 0 Å². The number of para-hydroxylation sites is 1. The molecule has 0 spiro atoms. The molecule has 0 bridgehead atoms. The maximum absolute atomic E-state index is 13.9. The smallest absolute Gasteiger partial charge is 0.241 e. The molecule has 7 nitrogen and oxygen atoms in total. The van der Waals surface area contributed by atoms with Crippen LogP contribution in [0.2, 0.25) is 0 Å². The average molecular weight is 429 g/mol. The molecule has 2 aliphatic heterocycles. The number of hydrogen-bond acceptors (Lipinski definition) is 5. The summed E-state index contributed by atoms with van der Waals surface area (Å²) in [4.78, 5) is 43.7. The molecule has 3 fully saturated rings. The van der Waals surface area contributed by atoms with Crippen LogP contribution in [-0.4, -0.2) is 67.0 Å². The van der Waals surface area contributed by atoms with Crippen molar-refractivity contribution < 1.29 is 23.9 Å². The van der Waals surface area contributed by atoms with Crippen LogP contribution in [0.3, 0.4) is 0 Å². The second-order valence-electron chi connectivity index (χ2n) is 8.98. The molecule has 2 heterocycles. The van der Waals surface area contributed by atoms with Crippen molar-refractivity contribution in [2.45, 2.75) is 68.9 Å². The lowest BCUT2D eigenvalue weighted by molar-refractivity contribution is -0.145. The first-order valence-electron chi connectivity index (χ1n) is 11.3. The molecule has 4 rings (SSSR count). The van der Waals surface area contributed by atoms with Crippen molar-refractivity contribution >= 4 is 17.7 Å². The Balaban J connectivity index is 1.69. The van der Waals surface area contributed by atoms with Gasteiger partial charge < -0.3 is 14.4 Å². The van der Waals surface area contributed by atoms with Crippen LogP contribution in [0.25, 0.3) is 0 Å². The zero-order valence-electron chi connectivity index (χ0n) is 18.5. The monoisotopic (exact) mass is 428 g/mol. The highest BCUT2D eigenvalue weighted by atomic mass is 16.5. The van der Waals surface area contributed by atoms with Gasteiger partial charge in [0.1, 0.15) is 5.75 Å². The van der Waals surface area contributed by atoms with Crippen LogP contribution >= 0.6 is 0 Å². The summed E-state index contributed by atoms with van der Waals surface area (Å²) in [6, 6.07) is 7.23. The van der Waals surface area contributed by atoms with E-state index in [1.165, 1.54) is 4.90 Å². The van der Waals surface area contributed by atoms with Gasteiger partial charge in [0.2, 0.25) is 17.7 Å². The minimum Gasteiger partial charge on any atom is -0.496 e. The van der Waals surface area contributed by atoms with Crippen LogP contribution in [0.1, 0.15) is 56.9 Å². The number of rotatable bonds is 6. The minimum absolute atomic E-state index is 0.00991. The van der Waals surface area contributed by atoms with Crippen molar-refractivity contribution in [1.82, 2.24) is 9.80 Å². The van der Waals surface area contributed by atoms with Gasteiger partial charge in [-0.25, -0.2) is 0 Å². The summed E-state index contributed by atoms with van der Waals surface area (Å²) in [5.41, 5.74) is -0.589. The highest BCUT2D eigenvalue weighted by Gasteiger charge is 2.57. The average Bonchev–Trinajstić information content (AvgIpc) is 3.40. The maximum atomic E-state index is 13.9. The predicted molar refractivity (Wildman–Crippen MR) is 115 cm³/mol. The highest BCUT2D eigenvalue weighted by Crippen LogP contribution is 2.46. The Morgan fingerprint density at radius 3 is 2.55 bits per heavy atom. The molecular weight excluding hydrogens is 396 g/mol. The number of benzene rings is 1. The number of nitrogens with zero attached hydrogens (tertiary/aromatic N) is 2. The van der Waals surface area contributed by atoms with Gasteiger partial charge in [-0.2, -0.15) is 0 Å². The van der Waals surface area contributed by atoms with Gasteiger partial charge >= 0.3 is 0 Å². The molecule has 31 heavy (non-hydrogen) atoms. The Kier molecular flexibility index (Phi) is 6.32. The number of piperidine rings is 1. The van der Waals surface area contributed by atoms with Crippen molar-refractivity contribution in [1.29, 1.82) is 0 Å². The quantitative estimate of drug-likeness (QED) is 0.651. The molecule has 7 heteroatoms. The van der Waals surface area contributed by atoms with Crippen molar-refractivity contribution in [3.8, 4) is 5.75 Å². The number of ether oxygens (including phenoxy) is 2. The molecule has 3 amide bonds. The fourth-order valence-corrected chi connectivity index (χ4v) is 5.51. The molecule has 3 aliphatic rings. The van der Waals surface area contributed by atoms with Gasteiger partial charge in [0.05, 0.1) is 18.6 Å². The molecule has 1 aliphatic carbocycles. The Hall–Kier alpha value is -2.41. The number of hydrogen-bond donors (Lipinski definition) is 0. The SMILES string of the molecule is COc1ccccc1[C@@]1(CC(=O)N2CCC[C@@H](OC)C2)CC(=O)N(C2CCCC2)C1=O. The Labute approximate surface area is 183 Å². The largest absolute Gasteiger partial charge is 0.496 e. The predicted octanol–water partition coefficient (Wildman–Crippen LogP) is 2.66. The van der Waals surface area contributed by atoms with E-state index >= 15 is 0 Å². The van der Waals surface area contributed by atoms with Crippen molar-refractivity contribution in [3.63, 3.8) is 0 Å². The lowest BCUT2D eigenvalue weighted by Gasteiger charge is -2.35. The molecule has 2 atom stereocenters. The van der Waals surface area contributed by atoms with E-state index in [-0.39, 0.29) is 42.7 Å². The van der Waals surface area contributed by atoms with Crippen LogP contribution in [0.5, 0.6) is 5.75 Å². The molecule has 0 aromatic heterocycles. The van der Waals surface area contributed by atoms with Crippen LogP contribution in [-0.2, 0) is 24.5 Å². The van der Waals surface area contributed by atoms with Gasteiger partial charge in [0, 0.05) is 44.6 Å². The van der Waals surface area contributed by atoms with Crippen LogP contribution in [0.4, 0.5) is 0 Å². The third-order valence-corrected chi connectivity index (χ3v) is 7.18. The van der Waals surface area contributed by atoms with Crippen molar-refractivity contribution in [2.75, 3.05) is 27.3 Å². The number of likely N-dealkylation sites (tertiary alicyclic amines) is 2. The van der Waals surface area contributed by atoms with Gasteiger partial charge in [-0.1, -0.05) is 31.0 Å². The normalized spacial score (nSPS) is 27.2. The van der Waals surface area contributed by atoms with Crippen LogP contribution in [0.15, 0.2) is 24.3 Å². The number of imide groups is 1. The molecule has 0 radical (unpaired) electrons. The molecule has 2 saturated heterocycles. The second-order valence-corrected chi connectivity index (χ2v) is 8.98. The van der Waals surface area contributed by atoms with Crippen LogP contribution < -0.4 is 4.74 Å². The summed E-state index contributed by atoms with van der Waals surface area (Å²) in [5.74, 6) is 0.00628. The van der Waals surface area contributed by atoms with Crippen molar-refractivity contribution in [2.24, 2.45) is 0 Å². The van der Waals surface area contributed by atoms with E-state index in [2.05, 4.69) is 0 Å². The van der Waals surface area contributed by atoms with Crippen molar-refractivity contribution in [3.05, 3.63) is 29.8 Å². The fraction of sp³-hybridized carbons (Fsp3) is 0.625.